The third-order valence-corrected chi connectivity index (χ3v) is 3.98. The van der Waals surface area contributed by atoms with E-state index in [2.05, 4.69) is 11.9 Å². The Morgan fingerprint density at radius 1 is 1.35 bits per heavy atom. The molecule has 1 aliphatic rings. The Morgan fingerprint density at radius 2 is 2.05 bits per heavy atom. The minimum Gasteiger partial charge on any atom is -0.542 e. The molecule has 1 aromatic heterocycles. The standard InChI is InChI=1S/C15H18N2O3/c1-16-6-8-17(9-7-16)10-12-11-4-2-3-5-13(11)20-14(12)15(18)19/h2-5H,6-10H2,1H3,(H,18,19). The van der Waals surface area contributed by atoms with E-state index in [9.17, 15) is 9.90 Å². The summed E-state index contributed by atoms with van der Waals surface area (Å²) in [5.41, 5.74) is 1.35. The Bertz CT molecular complexity index is 627. The molecule has 2 heterocycles. The maximum absolute atomic E-state index is 11.3. The third kappa shape index (κ3) is 2.42. The van der Waals surface area contributed by atoms with Gasteiger partial charge in [-0.3, -0.25) is 4.90 Å². The van der Waals surface area contributed by atoms with Crippen LogP contribution in [0.25, 0.3) is 11.0 Å². The van der Waals surface area contributed by atoms with Gasteiger partial charge in [0.1, 0.15) is 11.6 Å². The molecular formula is C15H18N2O3. The van der Waals surface area contributed by atoms with E-state index in [0.29, 0.717) is 12.1 Å². The van der Waals surface area contributed by atoms with Crippen LogP contribution in [0.3, 0.4) is 0 Å². The average molecular weight is 274 g/mol. The predicted molar refractivity (Wildman–Crippen MR) is 72.4 cm³/mol. The number of furan rings is 1. The molecule has 0 saturated carbocycles. The van der Waals surface area contributed by atoms with Crippen molar-refractivity contribution in [2.24, 2.45) is 0 Å². The van der Waals surface area contributed by atoms with Crippen molar-refractivity contribution >= 4 is 16.9 Å². The van der Waals surface area contributed by atoms with Gasteiger partial charge in [0.15, 0.2) is 5.76 Å². The smallest absolute Gasteiger partial charge is 0.155 e. The van der Waals surface area contributed by atoms with Gasteiger partial charge in [-0.1, -0.05) is 18.2 Å². The lowest BCUT2D eigenvalue weighted by molar-refractivity contribution is -0.884. The normalized spacial score (nSPS) is 17.6. The van der Waals surface area contributed by atoms with E-state index in [1.807, 2.05) is 18.2 Å². The first-order valence-electron chi connectivity index (χ1n) is 6.90. The molecule has 5 nitrogen and oxygen atoms in total. The third-order valence-electron chi connectivity index (χ3n) is 3.98. The fraction of sp³-hybridized carbons (Fsp3) is 0.400. The second kappa shape index (κ2) is 5.26. The summed E-state index contributed by atoms with van der Waals surface area (Å²) in [6.07, 6.45) is 0. The van der Waals surface area contributed by atoms with Crippen LogP contribution in [0.4, 0.5) is 0 Å². The molecule has 2 aromatic rings. The number of fused-ring (bicyclic) bond motifs is 1. The molecule has 20 heavy (non-hydrogen) atoms. The van der Waals surface area contributed by atoms with E-state index in [4.69, 9.17) is 4.42 Å². The maximum Gasteiger partial charge on any atom is 0.155 e. The van der Waals surface area contributed by atoms with Crippen molar-refractivity contribution in [3.05, 3.63) is 35.6 Å². The molecule has 106 valence electrons. The molecule has 0 unspecified atom stereocenters. The lowest BCUT2D eigenvalue weighted by Gasteiger charge is -2.29. The number of nitrogens with zero attached hydrogens (tertiary/aromatic N) is 1. The highest BCUT2D eigenvalue weighted by molar-refractivity contribution is 5.94. The van der Waals surface area contributed by atoms with Gasteiger partial charge in [-0.2, -0.15) is 0 Å². The molecule has 0 bridgehead atoms. The molecule has 0 amide bonds. The summed E-state index contributed by atoms with van der Waals surface area (Å²) in [7, 11) is 2.18. The summed E-state index contributed by atoms with van der Waals surface area (Å²) in [6, 6.07) is 7.43. The fourth-order valence-corrected chi connectivity index (χ4v) is 2.74. The highest BCUT2D eigenvalue weighted by atomic mass is 16.4. The SMILES string of the molecule is C[NH+]1CCN(Cc2c(C(=O)[O-])oc3ccccc23)CC1. The lowest BCUT2D eigenvalue weighted by Crippen LogP contribution is -3.11. The van der Waals surface area contributed by atoms with Crippen LogP contribution in [-0.2, 0) is 6.54 Å². The number of carboxylic acid groups (broad SMARTS) is 1. The largest absolute Gasteiger partial charge is 0.542 e. The zero-order valence-corrected chi connectivity index (χ0v) is 11.5. The minimum absolute atomic E-state index is 0.0301. The van der Waals surface area contributed by atoms with E-state index < -0.39 is 5.97 Å². The van der Waals surface area contributed by atoms with Crippen LogP contribution in [0.5, 0.6) is 0 Å². The fourth-order valence-electron chi connectivity index (χ4n) is 2.74. The summed E-state index contributed by atoms with van der Waals surface area (Å²) in [6.45, 7) is 4.70. The van der Waals surface area contributed by atoms with Gasteiger partial charge in [0.25, 0.3) is 0 Å². The Morgan fingerprint density at radius 3 is 2.75 bits per heavy atom. The van der Waals surface area contributed by atoms with Crippen LogP contribution in [-0.4, -0.2) is 44.1 Å². The van der Waals surface area contributed by atoms with Crippen LogP contribution >= 0.6 is 0 Å². The van der Waals surface area contributed by atoms with E-state index in [0.717, 1.165) is 37.1 Å². The Labute approximate surface area is 117 Å². The van der Waals surface area contributed by atoms with Crippen LogP contribution in [0.1, 0.15) is 16.1 Å². The number of rotatable bonds is 3. The van der Waals surface area contributed by atoms with Gasteiger partial charge >= 0.3 is 0 Å². The van der Waals surface area contributed by atoms with E-state index in [1.165, 1.54) is 4.90 Å². The van der Waals surface area contributed by atoms with Crippen molar-refractivity contribution in [1.82, 2.24) is 4.90 Å². The summed E-state index contributed by atoms with van der Waals surface area (Å²) >= 11 is 0. The number of hydrogen-bond donors (Lipinski definition) is 1. The number of quaternary nitrogens is 1. The number of hydrogen-bond acceptors (Lipinski definition) is 4. The number of carbonyl (C=O) groups excluding carboxylic acids is 1. The molecule has 0 aliphatic carbocycles. The summed E-state index contributed by atoms with van der Waals surface area (Å²) in [4.78, 5) is 15.0. The van der Waals surface area contributed by atoms with Gasteiger partial charge in [0.2, 0.25) is 0 Å². The first kappa shape index (κ1) is 13.1. The summed E-state index contributed by atoms with van der Waals surface area (Å²) in [5, 5.41) is 12.1. The van der Waals surface area contributed by atoms with Crippen molar-refractivity contribution in [3.8, 4) is 0 Å². The summed E-state index contributed by atoms with van der Waals surface area (Å²) < 4.78 is 5.43. The number of aromatic carboxylic acids is 1. The zero-order valence-electron chi connectivity index (χ0n) is 11.5. The topological polar surface area (TPSA) is 61.0 Å². The van der Waals surface area contributed by atoms with Gasteiger partial charge in [0.05, 0.1) is 20.1 Å². The van der Waals surface area contributed by atoms with Gasteiger partial charge < -0.3 is 19.2 Å². The van der Waals surface area contributed by atoms with Crippen LogP contribution in [0.2, 0.25) is 0 Å². The molecule has 1 fully saturated rings. The van der Waals surface area contributed by atoms with Gasteiger partial charge in [-0.15, -0.1) is 0 Å². The van der Waals surface area contributed by atoms with Gasteiger partial charge in [0, 0.05) is 30.6 Å². The second-order valence-corrected chi connectivity index (χ2v) is 5.43. The Balaban J connectivity index is 1.93. The van der Waals surface area contributed by atoms with Gasteiger partial charge in [-0.05, 0) is 6.07 Å². The molecule has 0 radical (unpaired) electrons. The number of likely N-dealkylation sites (N-methyl/N-ethyl adjacent to an activating group) is 1. The van der Waals surface area contributed by atoms with Crippen molar-refractivity contribution in [2.75, 3.05) is 33.2 Å². The molecule has 5 heteroatoms. The van der Waals surface area contributed by atoms with Crippen molar-refractivity contribution < 1.29 is 19.2 Å². The van der Waals surface area contributed by atoms with Crippen LogP contribution in [0, 0.1) is 0 Å². The number of para-hydroxylation sites is 1. The van der Waals surface area contributed by atoms with Crippen LogP contribution in [0.15, 0.2) is 28.7 Å². The van der Waals surface area contributed by atoms with E-state index in [1.54, 1.807) is 6.07 Å². The maximum atomic E-state index is 11.3. The minimum atomic E-state index is -1.24. The number of carbonyl (C=O) groups is 1. The Hall–Kier alpha value is -1.85. The molecule has 1 aliphatic heterocycles. The van der Waals surface area contributed by atoms with Crippen molar-refractivity contribution in [1.29, 1.82) is 0 Å². The first-order valence-corrected chi connectivity index (χ1v) is 6.90. The Kier molecular flexibility index (Phi) is 3.46. The van der Waals surface area contributed by atoms with Crippen molar-refractivity contribution in [2.45, 2.75) is 6.54 Å². The molecule has 3 rings (SSSR count). The molecule has 0 atom stereocenters. The number of carboxylic acids is 1. The summed E-state index contributed by atoms with van der Waals surface area (Å²) in [5.74, 6) is -1.27. The monoisotopic (exact) mass is 274 g/mol. The zero-order chi connectivity index (χ0) is 14.1. The lowest BCUT2D eigenvalue weighted by atomic mass is 10.1. The quantitative estimate of drug-likeness (QED) is 0.790. The highest BCUT2D eigenvalue weighted by Gasteiger charge is 2.21. The second-order valence-electron chi connectivity index (χ2n) is 5.43. The molecular weight excluding hydrogens is 256 g/mol. The number of benzene rings is 1. The van der Waals surface area contributed by atoms with Crippen molar-refractivity contribution in [3.63, 3.8) is 0 Å². The molecule has 1 saturated heterocycles. The number of nitrogens with one attached hydrogen (secondary N) is 1. The number of piperazine rings is 1. The average Bonchev–Trinajstić information content (AvgIpc) is 2.81. The highest BCUT2D eigenvalue weighted by Crippen LogP contribution is 2.26. The first-order chi connectivity index (χ1) is 9.65. The molecule has 1 aromatic carbocycles. The van der Waals surface area contributed by atoms with Gasteiger partial charge in [-0.25, -0.2) is 0 Å². The van der Waals surface area contributed by atoms with E-state index in [-0.39, 0.29) is 5.76 Å². The van der Waals surface area contributed by atoms with Crippen LogP contribution < -0.4 is 10.0 Å². The predicted octanol–water partition coefficient (Wildman–Crippen LogP) is -0.873. The van der Waals surface area contributed by atoms with E-state index >= 15 is 0 Å². The molecule has 0 spiro atoms. The molecule has 1 N–H and O–H groups in total.